The van der Waals surface area contributed by atoms with Crippen LogP contribution >= 0.6 is 0 Å². The Kier molecular flexibility index (Phi) is 29.7. The maximum atomic E-state index is 15.4. The minimum atomic E-state index is -7.22. The Bertz CT molecular complexity index is 2550. The Morgan fingerprint density at radius 1 is 0.262 bits per heavy atom. The van der Waals surface area contributed by atoms with Crippen LogP contribution in [0.3, 0.4) is 0 Å². The van der Waals surface area contributed by atoms with Crippen molar-refractivity contribution in [2.75, 3.05) is 6.54 Å². The van der Waals surface area contributed by atoms with E-state index in [0.29, 0.717) is 0 Å². The smallest absolute Gasteiger partial charge is 0.204 e. The van der Waals surface area contributed by atoms with Crippen LogP contribution < -0.4 is 21.9 Å². The molecule has 466 valence electrons. The van der Waals surface area contributed by atoms with Crippen molar-refractivity contribution in [2.24, 2.45) is 0 Å². The molecule has 1 nitrogen and oxygen atoms in total. The van der Waals surface area contributed by atoms with Gasteiger partial charge in [0.2, 0.25) is 5.69 Å². The molecule has 0 saturated heterocycles. The zero-order chi connectivity index (χ0) is 62.3. The van der Waals surface area contributed by atoms with E-state index in [0.717, 1.165) is 0 Å². The first kappa shape index (κ1) is 70.9. The van der Waals surface area contributed by atoms with Gasteiger partial charge in [0.25, 0.3) is 0 Å². The molecule has 5 aromatic carbocycles. The van der Waals surface area contributed by atoms with Crippen molar-refractivity contribution in [3.05, 3.63) is 147 Å². The highest BCUT2D eigenvalue weighted by molar-refractivity contribution is 7.20. The van der Waals surface area contributed by atoms with E-state index in [-0.39, 0.29) is 0 Å². The molecule has 5 aromatic rings. The lowest BCUT2D eigenvalue weighted by molar-refractivity contribution is -0.437. The minimum Gasteiger partial charge on any atom is -0.207 e. The highest BCUT2D eigenvalue weighted by atomic mass is 19.2. The van der Waals surface area contributed by atoms with E-state index in [4.69, 9.17) is 0 Å². The summed E-state index contributed by atoms with van der Waals surface area (Å²) in [5, 5.41) is 0. The van der Waals surface area contributed by atoms with Crippen LogP contribution in [-0.4, -0.2) is 23.5 Å². The highest BCUT2D eigenvalue weighted by Crippen LogP contribution is 2.31. The number of hydrogen-bond donors (Lipinski definition) is 0. The van der Waals surface area contributed by atoms with Crippen LogP contribution in [0.25, 0.3) is 0 Å². The zero-order valence-electron chi connectivity index (χ0n) is 47.1. The summed E-state index contributed by atoms with van der Waals surface area (Å²) < 4.78 is 296. The normalized spacial score (nSPS) is 12.0. The number of nitrogens with zero attached hydrogens (tertiary/aromatic N) is 1. The molecule has 0 aliphatic rings. The average molecular weight is 1220 g/mol. The monoisotopic (exact) mass is 1220 g/mol. The molecule has 22 heteroatoms. The van der Waals surface area contributed by atoms with Gasteiger partial charge < -0.3 is 0 Å². The van der Waals surface area contributed by atoms with Gasteiger partial charge >= 0.3 is 0 Å². The number of unbranched alkanes of at least 4 members (excludes halogenated alkanes) is 26. The number of hydrogen-bond acceptors (Lipinski definition) is 0. The summed E-state index contributed by atoms with van der Waals surface area (Å²) in [6.45, 7) is 5.79. The summed E-state index contributed by atoms with van der Waals surface area (Å²) in [5.74, 6) is -71.4. The maximum absolute atomic E-state index is 15.4. The van der Waals surface area contributed by atoms with Crippen molar-refractivity contribution in [1.82, 2.24) is 0 Å². The molecule has 0 unspecified atom stereocenters. The van der Waals surface area contributed by atoms with Crippen molar-refractivity contribution in [2.45, 2.75) is 194 Å². The average Bonchev–Trinajstić information content (AvgIpc) is 0.780. The minimum absolute atomic E-state index is 1.18. The van der Waals surface area contributed by atoms with Gasteiger partial charge in [-0.15, -0.1) is 21.9 Å². The summed E-state index contributed by atoms with van der Waals surface area (Å²) in [6.07, 6.45) is 35.2. The molecule has 0 bridgehead atoms. The van der Waals surface area contributed by atoms with E-state index in [2.05, 4.69) is 55.0 Å². The molecule has 0 spiro atoms. The van der Waals surface area contributed by atoms with Gasteiger partial charge in [-0.25, -0.2) is 92.4 Å². The van der Waals surface area contributed by atoms with Gasteiger partial charge in [-0.1, -0.05) is 186 Å². The van der Waals surface area contributed by atoms with Crippen molar-refractivity contribution >= 4 is 39.9 Å². The van der Waals surface area contributed by atoms with Crippen LogP contribution in [0.2, 0.25) is 0 Å². The summed E-state index contributed by atoms with van der Waals surface area (Å²) in [4.78, 5) is 0. The molecule has 0 atom stereocenters. The standard InChI is InChI=1S/C38H70N.C24BF20/c1-3-5-7-9-11-13-15-17-19-21-23-25-27-32-36-39(38-34-30-29-31-35-38)37-33-28-26-24-22-20-18-16-14-12-10-8-6-4-2;26-5-1(6(27)14(35)21(42)13(5)34)25(2-7(28)15(36)22(43)16(37)8(2)29,3-9(30)17(38)23(44)18(39)10(3)31)4-11(32)19(40)24(45)20(41)12(4)33/h29-31,34-36H,3-28,32-33,37H2,1-2H3;/q+1;-1. The van der Waals surface area contributed by atoms with Gasteiger partial charge in [0.15, 0.2) is 69.8 Å². The van der Waals surface area contributed by atoms with E-state index in [1.807, 2.05) is 0 Å². The second-order valence-electron chi connectivity index (χ2n) is 21.1. The van der Waals surface area contributed by atoms with Gasteiger partial charge in [0.05, 0.1) is 0 Å². The van der Waals surface area contributed by atoms with Crippen LogP contribution in [-0.2, 0) is 0 Å². The zero-order valence-corrected chi connectivity index (χ0v) is 47.1. The first-order chi connectivity index (χ1) is 40.1. The lowest BCUT2D eigenvalue weighted by Crippen LogP contribution is -2.81. The van der Waals surface area contributed by atoms with E-state index in [9.17, 15) is 52.7 Å². The Labute approximate surface area is 477 Å². The molecule has 0 aromatic heterocycles. The third-order valence-corrected chi connectivity index (χ3v) is 15.2. The summed E-state index contributed by atoms with van der Waals surface area (Å²) in [6, 6.07) is 11.1. The number of rotatable bonds is 34. The van der Waals surface area contributed by atoms with E-state index in [1.165, 1.54) is 192 Å². The van der Waals surface area contributed by atoms with Crippen molar-refractivity contribution in [3.63, 3.8) is 0 Å². The highest BCUT2D eigenvalue weighted by Gasteiger charge is 2.52. The molecule has 0 aliphatic carbocycles. The molecule has 0 heterocycles. The fourth-order valence-corrected chi connectivity index (χ4v) is 10.7. The van der Waals surface area contributed by atoms with Crippen molar-refractivity contribution in [1.29, 1.82) is 0 Å². The van der Waals surface area contributed by atoms with Gasteiger partial charge in [-0.05, 0) is 12.8 Å². The first-order valence-electron chi connectivity index (χ1n) is 29.0. The Morgan fingerprint density at radius 3 is 0.702 bits per heavy atom. The number of halogens is 20. The van der Waals surface area contributed by atoms with Crippen LogP contribution in [0, 0.1) is 116 Å². The molecule has 84 heavy (non-hydrogen) atoms. The van der Waals surface area contributed by atoms with Crippen LogP contribution in [0.4, 0.5) is 93.5 Å². The second kappa shape index (κ2) is 35.2. The maximum Gasteiger partial charge on any atom is 0.204 e. The lowest BCUT2D eigenvalue weighted by Gasteiger charge is -2.44. The topological polar surface area (TPSA) is 3.01 Å². The van der Waals surface area contributed by atoms with E-state index in [1.54, 1.807) is 0 Å². The molecule has 0 aliphatic heterocycles. The summed E-state index contributed by atoms with van der Waals surface area (Å²) >= 11 is 0. The molecule has 0 fully saturated rings. The Morgan fingerprint density at radius 2 is 0.464 bits per heavy atom. The van der Waals surface area contributed by atoms with E-state index < -0.39 is 144 Å². The Balaban J connectivity index is 0.000000365. The lowest BCUT2D eigenvalue weighted by atomic mass is 9.12. The largest absolute Gasteiger partial charge is 0.207 e. The summed E-state index contributed by atoms with van der Waals surface area (Å²) in [5.41, 5.74) is -13.0. The molecular formula is C62H70BF20N. The van der Waals surface area contributed by atoms with Crippen molar-refractivity contribution < 1.29 is 92.4 Å². The third kappa shape index (κ3) is 17.3. The summed E-state index contributed by atoms with van der Waals surface area (Å²) in [7, 11) is 0. The number of benzene rings is 5. The fourth-order valence-electron chi connectivity index (χ4n) is 10.7. The van der Waals surface area contributed by atoms with Gasteiger partial charge in [-0.3, -0.25) is 0 Å². The molecule has 0 N–H and O–H groups in total. The fraction of sp³-hybridized carbons (Fsp3) is 0.500. The number of para-hydroxylation sites is 1. The van der Waals surface area contributed by atoms with Gasteiger partial charge in [0, 0.05) is 25.0 Å². The van der Waals surface area contributed by atoms with Crippen molar-refractivity contribution in [3.8, 4) is 0 Å². The Hall–Kier alpha value is -5.57. The third-order valence-electron chi connectivity index (χ3n) is 15.2. The molecule has 0 amide bonds. The predicted octanol–water partition coefficient (Wildman–Crippen LogP) is 19.2. The van der Waals surface area contributed by atoms with Crippen LogP contribution in [0.1, 0.15) is 194 Å². The van der Waals surface area contributed by atoms with E-state index >= 15 is 35.1 Å². The first-order valence-corrected chi connectivity index (χ1v) is 29.0. The van der Waals surface area contributed by atoms with Gasteiger partial charge in [0.1, 0.15) is 65.4 Å². The van der Waals surface area contributed by atoms with Crippen LogP contribution in [0.5, 0.6) is 0 Å². The quantitative estimate of drug-likeness (QED) is 0.00735. The molecule has 5 rings (SSSR count). The molecule has 0 radical (unpaired) electrons. The van der Waals surface area contributed by atoms with Gasteiger partial charge in [-0.2, -0.15) is 0 Å². The molecular weight excluding hydrogens is 1150 g/mol. The molecule has 0 saturated carbocycles. The van der Waals surface area contributed by atoms with Crippen LogP contribution in [0.15, 0.2) is 30.3 Å². The SMILES string of the molecule is CCCCCCCCCCCCCCCC=[N+](CCCCCCCCCCCCCCCC)c1ccccc1.Fc1c(F)c(F)c([B-](c2c(F)c(F)c(F)c(F)c2F)(c2c(F)c(F)c(F)c(F)c2F)c2c(F)c(F)c(F)c(F)c2F)c(F)c1F. The predicted molar refractivity (Wildman–Crippen MR) is 287 cm³/mol. The second-order valence-corrected chi connectivity index (χ2v) is 21.1.